The van der Waals surface area contributed by atoms with Crippen LogP contribution in [0.1, 0.15) is 18.6 Å². The minimum atomic E-state index is -3.84. The number of nitrogens with zero attached hydrogens (tertiary/aromatic N) is 4. The topological polar surface area (TPSA) is 123 Å². The van der Waals surface area contributed by atoms with Gasteiger partial charge < -0.3 is 9.26 Å². The van der Waals surface area contributed by atoms with Crippen molar-refractivity contribution in [1.82, 2.24) is 18.8 Å². The normalized spacial score (nSPS) is 16.5. The standard InChI is InChI=1S/C16H22N4O6S2/c1-3-15-17-16(26-18-15)12-19(2)27(21,22)13-4-6-14(7-5-13)28(23,24)20-8-10-25-11-9-20/h4-7H,3,8-12H2,1-2H3. The van der Waals surface area contributed by atoms with Gasteiger partial charge in [-0.3, -0.25) is 0 Å². The Morgan fingerprint density at radius 3 is 2.25 bits per heavy atom. The summed E-state index contributed by atoms with van der Waals surface area (Å²) >= 11 is 0. The van der Waals surface area contributed by atoms with Gasteiger partial charge in [-0.05, 0) is 24.3 Å². The van der Waals surface area contributed by atoms with Gasteiger partial charge in [-0.15, -0.1) is 0 Å². The Morgan fingerprint density at radius 1 is 1.07 bits per heavy atom. The maximum absolute atomic E-state index is 12.7. The third-order valence-electron chi connectivity index (χ3n) is 4.32. The summed E-state index contributed by atoms with van der Waals surface area (Å²) in [5.74, 6) is 0.688. The number of aromatic nitrogens is 2. The molecule has 0 spiro atoms. The molecule has 0 atom stereocenters. The molecule has 28 heavy (non-hydrogen) atoms. The van der Waals surface area contributed by atoms with Crippen LogP contribution < -0.4 is 0 Å². The maximum atomic E-state index is 12.7. The van der Waals surface area contributed by atoms with Crippen molar-refractivity contribution in [2.45, 2.75) is 29.7 Å². The Kier molecular flexibility index (Phi) is 6.15. The van der Waals surface area contributed by atoms with Gasteiger partial charge in [-0.25, -0.2) is 16.8 Å². The van der Waals surface area contributed by atoms with Crippen molar-refractivity contribution in [3.8, 4) is 0 Å². The zero-order chi connectivity index (χ0) is 20.4. The average molecular weight is 431 g/mol. The number of sulfonamides is 2. The van der Waals surface area contributed by atoms with Crippen LogP contribution in [-0.4, -0.2) is 68.9 Å². The van der Waals surface area contributed by atoms with Crippen molar-refractivity contribution in [3.05, 3.63) is 36.0 Å². The summed E-state index contributed by atoms with van der Waals surface area (Å²) in [5.41, 5.74) is 0. The fourth-order valence-electron chi connectivity index (χ4n) is 2.67. The van der Waals surface area contributed by atoms with Gasteiger partial charge >= 0.3 is 0 Å². The van der Waals surface area contributed by atoms with E-state index in [2.05, 4.69) is 10.1 Å². The van der Waals surface area contributed by atoms with Crippen molar-refractivity contribution in [2.75, 3.05) is 33.4 Å². The van der Waals surface area contributed by atoms with Crippen LogP contribution in [0.2, 0.25) is 0 Å². The lowest BCUT2D eigenvalue weighted by atomic mass is 10.4. The van der Waals surface area contributed by atoms with E-state index in [4.69, 9.17) is 9.26 Å². The molecule has 3 rings (SSSR count). The second kappa shape index (κ2) is 8.25. The molecular formula is C16H22N4O6S2. The fraction of sp³-hybridized carbons (Fsp3) is 0.500. The van der Waals surface area contributed by atoms with Crippen LogP contribution in [0.3, 0.4) is 0 Å². The molecule has 2 heterocycles. The van der Waals surface area contributed by atoms with E-state index in [1.807, 2.05) is 6.92 Å². The predicted octanol–water partition coefficient (Wildman–Crippen LogP) is 0.474. The molecule has 154 valence electrons. The first kappa shape index (κ1) is 20.9. The molecule has 0 saturated carbocycles. The van der Waals surface area contributed by atoms with Crippen LogP contribution in [0.15, 0.2) is 38.6 Å². The SMILES string of the molecule is CCc1noc(CN(C)S(=O)(=O)c2ccc(S(=O)(=O)N3CCOCC3)cc2)n1. The molecule has 10 nitrogen and oxygen atoms in total. The molecule has 1 aromatic heterocycles. The molecule has 0 radical (unpaired) electrons. The monoisotopic (exact) mass is 430 g/mol. The first-order valence-corrected chi connectivity index (χ1v) is 11.6. The number of morpholine rings is 1. The molecule has 12 heteroatoms. The van der Waals surface area contributed by atoms with Gasteiger partial charge in [0.15, 0.2) is 5.82 Å². The van der Waals surface area contributed by atoms with Crippen molar-refractivity contribution in [3.63, 3.8) is 0 Å². The van der Waals surface area contributed by atoms with E-state index in [1.165, 1.54) is 35.6 Å². The predicted molar refractivity (Wildman–Crippen MR) is 98.3 cm³/mol. The quantitative estimate of drug-likeness (QED) is 0.621. The van der Waals surface area contributed by atoms with Gasteiger partial charge in [0.05, 0.1) is 29.5 Å². The van der Waals surface area contributed by atoms with E-state index in [-0.39, 0.29) is 35.3 Å². The van der Waals surface area contributed by atoms with Crippen LogP contribution in [0.25, 0.3) is 0 Å². The van der Waals surface area contributed by atoms with E-state index in [1.54, 1.807) is 0 Å². The molecule has 1 fully saturated rings. The van der Waals surface area contributed by atoms with E-state index in [9.17, 15) is 16.8 Å². The molecule has 1 saturated heterocycles. The van der Waals surface area contributed by atoms with Gasteiger partial charge in [0.25, 0.3) is 0 Å². The number of rotatable bonds is 7. The number of aryl methyl sites for hydroxylation is 1. The average Bonchev–Trinajstić information content (AvgIpc) is 3.16. The van der Waals surface area contributed by atoms with E-state index in [0.29, 0.717) is 25.5 Å². The van der Waals surface area contributed by atoms with Crippen molar-refractivity contribution < 1.29 is 26.1 Å². The molecule has 1 aromatic carbocycles. The highest BCUT2D eigenvalue weighted by atomic mass is 32.2. The molecule has 0 aliphatic carbocycles. The maximum Gasteiger partial charge on any atom is 0.243 e. The minimum Gasteiger partial charge on any atom is -0.379 e. The molecule has 0 N–H and O–H groups in total. The van der Waals surface area contributed by atoms with Crippen LogP contribution in [0, 0.1) is 0 Å². The fourth-order valence-corrected chi connectivity index (χ4v) is 5.20. The summed E-state index contributed by atoms with van der Waals surface area (Å²) in [6, 6.07) is 5.16. The summed E-state index contributed by atoms with van der Waals surface area (Å²) in [6.07, 6.45) is 0.582. The summed E-state index contributed by atoms with van der Waals surface area (Å²) < 4.78 is 63.3. The van der Waals surface area contributed by atoms with E-state index >= 15 is 0 Å². The van der Waals surface area contributed by atoms with Crippen LogP contribution >= 0.6 is 0 Å². The summed E-state index contributed by atoms with van der Waals surface area (Å²) in [5, 5.41) is 3.74. The molecule has 0 amide bonds. The van der Waals surface area contributed by atoms with E-state index < -0.39 is 20.0 Å². The first-order chi connectivity index (χ1) is 13.2. The second-order valence-corrected chi connectivity index (χ2v) is 10.2. The minimum absolute atomic E-state index is 0.0221. The molecule has 1 aliphatic heterocycles. The van der Waals surface area contributed by atoms with Gasteiger partial charge in [-0.1, -0.05) is 12.1 Å². The van der Waals surface area contributed by atoms with Gasteiger partial charge in [0.2, 0.25) is 25.9 Å². The lowest BCUT2D eigenvalue weighted by Gasteiger charge is -2.26. The first-order valence-electron chi connectivity index (χ1n) is 8.71. The number of ether oxygens (including phenoxy) is 1. The highest BCUT2D eigenvalue weighted by Crippen LogP contribution is 2.21. The molecule has 0 bridgehead atoms. The Morgan fingerprint density at radius 2 is 1.68 bits per heavy atom. The number of hydrogen-bond donors (Lipinski definition) is 0. The summed E-state index contributed by atoms with van der Waals surface area (Å²) in [4.78, 5) is 4.12. The molecule has 1 aliphatic rings. The molecule has 0 unspecified atom stereocenters. The van der Waals surface area contributed by atoms with E-state index in [0.717, 1.165) is 4.31 Å². The number of benzene rings is 1. The molecular weight excluding hydrogens is 408 g/mol. The van der Waals surface area contributed by atoms with Gasteiger partial charge in [0.1, 0.15) is 0 Å². The third-order valence-corrected chi connectivity index (χ3v) is 8.05. The van der Waals surface area contributed by atoms with Crippen molar-refractivity contribution >= 4 is 20.0 Å². The van der Waals surface area contributed by atoms with Crippen molar-refractivity contribution in [2.24, 2.45) is 0 Å². The Labute approximate surface area is 164 Å². The highest BCUT2D eigenvalue weighted by molar-refractivity contribution is 7.89. The lowest BCUT2D eigenvalue weighted by Crippen LogP contribution is -2.40. The Balaban J connectivity index is 1.77. The highest BCUT2D eigenvalue weighted by Gasteiger charge is 2.28. The Hall–Kier alpha value is -1.86. The Bertz CT molecular complexity index is 1010. The zero-order valence-electron chi connectivity index (χ0n) is 15.6. The molecule has 2 aromatic rings. The number of hydrogen-bond acceptors (Lipinski definition) is 8. The second-order valence-electron chi connectivity index (χ2n) is 6.21. The van der Waals surface area contributed by atoms with Crippen molar-refractivity contribution in [1.29, 1.82) is 0 Å². The lowest BCUT2D eigenvalue weighted by molar-refractivity contribution is 0.0730. The third kappa shape index (κ3) is 4.25. The largest absolute Gasteiger partial charge is 0.379 e. The summed E-state index contributed by atoms with van der Waals surface area (Å²) in [7, 11) is -6.13. The van der Waals surface area contributed by atoms with Crippen LogP contribution in [0.4, 0.5) is 0 Å². The smallest absolute Gasteiger partial charge is 0.243 e. The van der Waals surface area contributed by atoms with Crippen LogP contribution in [-0.2, 0) is 37.7 Å². The van der Waals surface area contributed by atoms with Crippen LogP contribution in [0.5, 0.6) is 0 Å². The van der Waals surface area contributed by atoms with Gasteiger partial charge in [0, 0.05) is 26.6 Å². The summed E-state index contributed by atoms with van der Waals surface area (Å²) in [6.45, 7) is 3.01. The van der Waals surface area contributed by atoms with Gasteiger partial charge in [-0.2, -0.15) is 13.6 Å². The zero-order valence-corrected chi connectivity index (χ0v) is 17.2.